The molecule has 1 N–H and O–H groups in total. The normalized spacial score (nSPS) is 10.8. The maximum Gasteiger partial charge on any atom is 0.153 e. The third kappa shape index (κ3) is 3.56. The zero-order valence-corrected chi connectivity index (χ0v) is 15.7. The van der Waals surface area contributed by atoms with Gasteiger partial charge in [-0.3, -0.25) is 0 Å². The maximum atomic E-state index is 4.92. The van der Waals surface area contributed by atoms with Gasteiger partial charge in [0.05, 0.1) is 23.1 Å². The fourth-order valence-electron chi connectivity index (χ4n) is 3.38. The first kappa shape index (κ1) is 17.1. The van der Waals surface area contributed by atoms with Crippen molar-refractivity contribution in [3.63, 3.8) is 0 Å². The first-order chi connectivity index (χ1) is 14.4. The molecule has 0 aliphatic heterocycles. The minimum absolute atomic E-state index is 0.676. The smallest absolute Gasteiger partial charge is 0.153 e. The van der Waals surface area contributed by atoms with E-state index in [9.17, 15) is 0 Å². The molecular formula is C25H18N4. The number of hydrogen-bond acceptors (Lipinski definition) is 3. The van der Waals surface area contributed by atoms with Crippen LogP contribution in [0.4, 0.5) is 5.82 Å². The third-order valence-electron chi connectivity index (χ3n) is 4.82. The van der Waals surface area contributed by atoms with Crippen molar-refractivity contribution < 1.29 is 0 Å². The molecule has 3 aromatic carbocycles. The van der Waals surface area contributed by atoms with Gasteiger partial charge in [-0.1, -0.05) is 66.7 Å². The Labute approximate surface area is 168 Å². The van der Waals surface area contributed by atoms with Crippen molar-refractivity contribution in [3.05, 3.63) is 115 Å². The molecule has 2 aromatic heterocycles. The van der Waals surface area contributed by atoms with Crippen LogP contribution < -0.4 is 0 Å². The van der Waals surface area contributed by atoms with Crippen LogP contribution in [0.3, 0.4) is 0 Å². The van der Waals surface area contributed by atoms with Gasteiger partial charge in [-0.05, 0) is 35.4 Å². The van der Waals surface area contributed by atoms with Crippen LogP contribution in [-0.2, 0) is 0 Å². The van der Waals surface area contributed by atoms with Gasteiger partial charge >= 0.3 is 0 Å². The number of pyridine rings is 1. The van der Waals surface area contributed by atoms with Crippen molar-refractivity contribution in [1.82, 2.24) is 15.0 Å². The molecule has 0 unspecified atom stereocenters. The van der Waals surface area contributed by atoms with Crippen LogP contribution in [0.25, 0.3) is 22.2 Å². The zero-order chi connectivity index (χ0) is 19.5. The molecule has 0 fully saturated rings. The highest BCUT2D eigenvalue weighted by molar-refractivity contribution is 6.13. The fourth-order valence-corrected chi connectivity index (χ4v) is 3.38. The van der Waals surface area contributed by atoms with E-state index in [-0.39, 0.29) is 0 Å². The second-order valence-corrected chi connectivity index (χ2v) is 6.73. The van der Waals surface area contributed by atoms with E-state index in [1.807, 2.05) is 54.6 Å². The summed E-state index contributed by atoms with van der Waals surface area (Å²) >= 11 is 0. The number of nitrogens with one attached hydrogen (secondary N) is 1. The molecular weight excluding hydrogens is 356 g/mol. The van der Waals surface area contributed by atoms with E-state index in [0.29, 0.717) is 5.82 Å². The fraction of sp³-hybridized carbons (Fsp3) is 0. The summed E-state index contributed by atoms with van der Waals surface area (Å²) in [5, 5.41) is 0. The van der Waals surface area contributed by atoms with Crippen LogP contribution in [0.15, 0.2) is 109 Å². The van der Waals surface area contributed by atoms with Crippen LogP contribution in [0.5, 0.6) is 0 Å². The summed E-state index contributed by atoms with van der Waals surface area (Å²) in [4.78, 5) is 16.9. The monoisotopic (exact) mass is 374 g/mol. The molecule has 0 amide bonds. The number of imidazole rings is 1. The Morgan fingerprint density at radius 1 is 0.690 bits per heavy atom. The lowest BCUT2D eigenvalue weighted by Crippen LogP contribution is -2.02. The number of aromatic nitrogens is 3. The average Bonchev–Trinajstić information content (AvgIpc) is 3.27. The van der Waals surface area contributed by atoms with Gasteiger partial charge < -0.3 is 4.98 Å². The van der Waals surface area contributed by atoms with Gasteiger partial charge in [0.15, 0.2) is 5.82 Å². The van der Waals surface area contributed by atoms with E-state index in [1.54, 1.807) is 12.5 Å². The first-order valence-electron chi connectivity index (χ1n) is 9.46. The van der Waals surface area contributed by atoms with Gasteiger partial charge in [-0.15, -0.1) is 0 Å². The number of H-pyrrole nitrogens is 1. The van der Waals surface area contributed by atoms with Crippen LogP contribution in [-0.4, -0.2) is 20.7 Å². The molecule has 5 rings (SSSR count). The van der Waals surface area contributed by atoms with E-state index in [4.69, 9.17) is 4.99 Å². The summed E-state index contributed by atoms with van der Waals surface area (Å²) in [6.45, 7) is 0. The Kier molecular flexibility index (Phi) is 4.43. The molecule has 0 aliphatic carbocycles. The minimum Gasteiger partial charge on any atom is -0.345 e. The number of rotatable bonds is 4. The number of benzene rings is 3. The van der Waals surface area contributed by atoms with E-state index in [2.05, 4.69) is 51.4 Å². The lowest BCUT2D eigenvalue weighted by molar-refractivity contribution is 1.27. The van der Waals surface area contributed by atoms with E-state index >= 15 is 0 Å². The quantitative estimate of drug-likeness (QED) is 0.405. The number of hydrogen-bond donors (Lipinski definition) is 1. The topological polar surface area (TPSA) is 53.9 Å². The zero-order valence-electron chi connectivity index (χ0n) is 15.7. The first-order valence-corrected chi connectivity index (χ1v) is 9.46. The van der Waals surface area contributed by atoms with Gasteiger partial charge in [-0.2, -0.15) is 0 Å². The largest absolute Gasteiger partial charge is 0.345 e. The highest BCUT2D eigenvalue weighted by Crippen LogP contribution is 2.26. The molecule has 29 heavy (non-hydrogen) atoms. The Morgan fingerprint density at radius 3 is 2.10 bits per heavy atom. The molecule has 0 aliphatic rings. The van der Waals surface area contributed by atoms with Crippen molar-refractivity contribution in [2.75, 3.05) is 0 Å². The molecule has 2 heterocycles. The lowest BCUT2D eigenvalue weighted by atomic mass is 10.0. The van der Waals surface area contributed by atoms with Crippen molar-refractivity contribution in [1.29, 1.82) is 0 Å². The summed E-state index contributed by atoms with van der Waals surface area (Å²) in [6.07, 6.45) is 3.52. The van der Waals surface area contributed by atoms with Crippen molar-refractivity contribution in [2.45, 2.75) is 0 Å². The van der Waals surface area contributed by atoms with Crippen molar-refractivity contribution in [3.8, 4) is 11.1 Å². The highest BCUT2D eigenvalue weighted by atomic mass is 14.9. The molecule has 5 aromatic rings. The Bertz CT molecular complexity index is 1250. The van der Waals surface area contributed by atoms with Gasteiger partial charge in [0.25, 0.3) is 0 Å². The summed E-state index contributed by atoms with van der Waals surface area (Å²) in [6, 6.07) is 30.6. The second kappa shape index (κ2) is 7.52. The van der Waals surface area contributed by atoms with E-state index in [0.717, 1.165) is 39.0 Å². The Balaban J connectivity index is 1.60. The SMILES string of the molecule is c1ccc(C(=Nc2cc(-c3ccc4nc[nH]c4c3)ccn2)c2ccccc2)cc1. The predicted molar refractivity (Wildman–Crippen MR) is 118 cm³/mol. The summed E-state index contributed by atoms with van der Waals surface area (Å²) < 4.78 is 0. The van der Waals surface area contributed by atoms with Crippen LogP contribution in [0.2, 0.25) is 0 Å². The van der Waals surface area contributed by atoms with Gasteiger partial charge in [0.2, 0.25) is 0 Å². The number of fused-ring (bicyclic) bond motifs is 1. The molecule has 0 radical (unpaired) electrons. The molecule has 0 spiro atoms. The molecule has 138 valence electrons. The predicted octanol–water partition coefficient (Wildman–Crippen LogP) is 5.79. The van der Waals surface area contributed by atoms with Crippen LogP contribution >= 0.6 is 0 Å². The minimum atomic E-state index is 0.676. The molecule has 0 bridgehead atoms. The van der Waals surface area contributed by atoms with E-state index in [1.165, 1.54) is 0 Å². The van der Waals surface area contributed by atoms with Gasteiger partial charge in [-0.25, -0.2) is 15.0 Å². The summed E-state index contributed by atoms with van der Waals surface area (Å²) in [5.41, 5.74) is 7.15. The van der Waals surface area contributed by atoms with Gasteiger partial charge in [0, 0.05) is 17.3 Å². The van der Waals surface area contributed by atoms with Crippen LogP contribution in [0, 0.1) is 0 Å². The second-order valence-electron chi connectivity index (χ2n) is 6.73. The average molecular weight is 374 g/mol. The maximum absolute atomic E-state index is 4.92. The third-order valence-corrected chi connectivity index (χ3v) is 4.82. The van der Waals surface area contributed by atoms with Gasteiger partial charge in [0.1, 0.15) is 0 Å². The summed E-state index contributed by atoms with van der Waals surface area (Å²) in [7, 11) is 0. The molecule has 0 atom stereocenters. The van der Waals surface area contributed by atoms with E-state index < -0.39 is 0 Å². The van der Waals surface area contributed by atoms with Crippen LogP contribution in [0.1, 0.15) is 11.1 Å². The lowest BCUT2D eigenvalue weighted by Gasteiger charge is -2.08. The molecule has 4 nitrogen and oxygen atoms in total. The Morgan fingerprint density at radius 2 is 1.38 bits per heavy atom. The number of aromatic amines is 1. The molecule has 0 saturated heterocycles. The van der Waals surface area contributed by atoms with Crippen molar-refractivity contribution >= 4 is 22.6 Å². The number of nitrogens with zero attached hydrogens (tertiary/aromatic N) is 3. The summed E-state index contributed by atoms with van der Waals surface area (Å²) in [5.74, 6) is 0.676. The molecule has 4 heteroatoms. The highest BCUT2D eigenvalue weighted by Gasteiger charge is 2.08. The van der Waals surface area contributed by atoms with Crippen molar-refractivity contribution in [2.24, 2.45) is 4.99 Å². The molecule has 0 saturated carbocycles. The Hall–Kier alpha value is -4.05. The standard InChI is InChI=1S/C25H18N4/c1-3-7-18(8-4-1)25(19-9-5-2-6-10-19)29-24-16-21(13-14-26-24)20-11-12-22-23(15-20)28-17-27-22/h1-17H,(H,27,28). The number of aliphatic imine (C=N–C) groups is 1.